The molecule has 3 aliphatic rings. The van der Waals surface area contributed by atoms with Crippen molar-refractivity contribution in [1.29, 1.82) is 0 Å². The highest BCUT2D eigenvalue weighted by Crippen LogP contribution is 2.34. The van der Waals surface area contributed by atoms with Gasteiger partial charge in [0.15, 0.2) is 12.6 Å². The molecule has 1 amide bonds. The van der Waals surface area contributed by atoms with Gasteiger partial charge in [-0.2, -0.15) is 0 Å². The number of carbonyl (C=O) groups is 1. The number of rotatable bonds is 13. The molecule has 0 aromatic rings. The van der Waals surface area contributed by atoms with Crippen LogP contribution in [0.25, 0.3) is 0 Å². The minimum atomic E-state index is -1.52. The second-order valence-electron chi connectivity index (χ2n) is 11.6. The highest BCUT2D eigenvalue weighted by molar-refractivity contribution is 5.80. The van der Waals surface area contributed by atoms with E-state index in [2.05, 4.69) is 16.6 Å². The first-order valence-electron chi connectivity index (χ1n) is 14.6. The van der Waals surface area contributed by atoms with Crippen molar-refractivity contribution in [2.75, 3.05) is 32.8 Å². The van der Waals surface area contributed by atoms with Gasteiger partial charge >= 0.3 is 0 Å². The van der Waals surface area contributed by atoms with Crippen LogP contribution in [0.15, 0.2) is 0 Å². The number of nitrogens with two attached hydrogens (primary N) is 3. The van der Waals surface area contributed by atoms with E-state index in [1.807, 2.05) is 0 Å². The van der Waals surface area contributed by atoms with Crippen LogP contribution in [0.2, 0.25) is 0 Å². The summed E-state index contributed by atoms with van der Waals surface area (Å²) < 4.78 is 23.8. The number of carbonyl (C=O) groups excluding carboxylic acids is 1. The third-order valence-electron chi connectivity index (χ3n) is 8.08. The number of hydrogen-bond donors (Lipinski definition) is 10. The molecule has 2 heterocycles. The lowest BCUT2D eigenvalue weighted by Crippen LogP contribution is -2.68. The van der Waals surface area contributed by atoms with Crippen molar-refractivity contribution in [3.8, 4) is 12.3 Å². The van der Waals surface area contributed by atoms with Gasteiger partial charge in [0.25, 0.3) is 0 Å². The van der Waals surface area contributed by atoms with E-state index in [9.17, 15) is 25.2 Å². The third-order valence-corrected chi connectivity index (χ3v) is 8.08. The topological polar surface area (TPSA) is 257 Å². The van der Waals surface area contributed by atoms with Crippen molar-refractivity contribution < 1.29 is 49.3 Å². The van der Waals surface area contributed by atoms with Crippen molar-refractivity contribution >= 4 is 5.91 Å². The summed E-state index contributed by atoms with van der Waals surface area (Å²) in [6.07, 6.45) is -1.65. The molecule has 3 fully saturated rings. The zero-order valence-corrected chi connectivity index (χ0v) is 24.1. The number of aliphatic hydroxyl groups excluding tert-OH is 4. The van der Waals surface area contributed by atoms with E-state index in [1.54, 1.807) is 0 Å². The van der Waals surface area contributed by atoms with Crippen molar-refractivity contribution in [1.82, 2.24) is 10.6 Å². The molecule has 2 aliphatic heterocycles. The number of hydrogen-bond acceptors (Lipinski definition) is 14. The molecule has 13 N–H and O–H groups in total. The molecule has 15 nitrogen and oxygen atoms in total. The molecule has 13 unspecified atom stereocenters. The van der Waals surface area contributed by atoms with Crippen molar-refractivity contribution in [3.63, 3.8) is 0 Å². The molecule has 242 valence electrons. The van der Waals surface area contributed by atoms with Gasteiger partial charge in [-0.15, -0.1) is 6.42 Å². The molecule has 2 saturated heterocycles. The molecule has 15 heteroatoms. The van der Waals surface area contributed by atoms with Gasteiger partial charge < -0.3 is 72.3 Å². The number of amides is 1. The Hall–Kier alpha value is -1.49. The van der Waals surface area contributed by atoms with Crippen molar-refractivity contribution in [2.24, 2.45) is 23.1 Å². The molecular formula is C27H49N5O10. The Kier molecular flexibility index (Phi) is 13.3. The SMILES string of the molecule is C#CC1C(O)C(OC2C(NC(=O)C(O)CCCN)CC(N)C(OC3OC(CNCCO)CCC3N)C2O)OCC1(C)O. The standard InChI is InChI=1S/C27H49N5O10/c1-3-15-20(35)26(39-13-27(15,2)38)42-23-18(32-24(37)19(34)5-4-8-28)11-17(30)22(21(23)36)41-25-16(29)7-6-14(40-25)12-31-9-10-33/h1,14-23,25-26,31,33-36,38H,4-13,28-30H2,2H3,(H,32,37). The summed E-state index contributed by atoms with van der Waals surface area (Å²) in [7, 11) is 0. The minimum absolute atomic E-state index is 0.0164. The van der Waals surface area contributed by atoms with Gasteiger partial charge in [0.1, 0.15) is 36.1 Å². The van der Waals surface area contributed by atoms with Crippen LogP contribution in [0.3, 0.4) is 0 Å². The largest absolute Gasteiger partial charge is 0.395 e. The smallest absolute Gasteiger partial charge is 0.249 e. The Balaban J connectivity index is 1.78. The number of ether oxygens (including phenoxy) is 4. The van der Waals surface area contributed by atoms with E-state index in [0.717, 1.165) is 0 Å². The zero-order valence-electron chi connectivity index (χ0n) is 24.1. The quantitative estimate of drug-likeness (QED) is 0.0704. The molecule has 0 radical (unpaired) electrons. The summed E-state index contributed by atoms with van der Waals surface area (Å²) in [5, 5.41) is 58.1. The predicted octanol–water partition coefficient (Wildman–Crippen LogP) is -4.43. The molecule has 0 bridgehead atoms. The van der Waals surface area contributed by atoms with Crippen LogP contribution in [0, 0.1) is 18.3 Å². The van der Waals surface area contributed by atoms with Crippen molar-refractivity contribution in [3.05, 3.63) is 0 Å². The second kappa shape index (κ2) is 16.0. The number of nitrogens with one attached hydrogen (secondary N) is 2. The van der Waals surface area contributed by atoms with Gasteiger partial charge in [-0.3, -0.25) is 4.79 Å². The third kappa shape index (κ3) is 8.79. The van der Waals surface area contributed by atoms with Crippen LogP contribution in [-0.2, 0) is 23.7 Å². The van der Waals surface area contributed by atoms with E-state index < -0.39 is 78.7 Å². The van der Waals surface area contributed by atoms with Crippen LogP contribution in [0.4, 0.5) is 0 Å². The van der Waals surface area contributed by atoms with Gasteiger partial charge in [0, 0.05) is 19.1 Å². The maximum absolute atomic E-state index is 12.8. The highest BCUT2D eigenvalue weighted by atomic mass is 16.7. The van der Waals surface area contributed by atoms with Crippen LogP contribution in [0.1, 0.15) is 39.0 Å². The predicted molar refractivity (Wildman–Crippen MR) is 149 cm³/mol. The highest BCUT2D eigenvalue weighted by Gasteiger charge is 2.52. The second-order valence-corrected chi connectivity index (χ2v) is 11.6. The molecule has 3 rings (SSSR count). The van der Waals surface area contributed by atoms with Gasteiger partial charge in [-0.25, -0.2) is 0 Å². The first-order chi connectivity index (χ1) is 19.9. The summed E-state index contributed by atoms with van der Waals surface area (Å²) >= 11 is 0. The summed E-state index contributed by atoms with van der Waals surface area (Å²) in [5.74, 6) is 0.626. The lowest BCUT2D eigenvalue weighted by Gasteiger charge is -2.48. The summed E-state index contributed by atoms with van der Waals surface area (Å²) in [6.45, 7) is 2.33. The van der Waals surface area contributed by atoms with Gasteiger partial charge in [0.05, 0.1) is 37.3 Å². The first kappa shape index (κ1) is 35.0. The lowest BCUT2D eigenvalue weighted by molar-refractivity contribution is -0.310. The average molecular weight is 604 g/mol. The first-order valence-corrected chi connectivity index (χ1v) is 14.6. The molecule has 0 aromatic heterocycles. The van der Waals surface area contributed by atoms with Crippen molar-refractivity contribution in [2.45, 2.75) is 112 Å². The Labute approximate surface area is 246 Å². The van der Waals surface area contributed by atoms with E-state index in [-0.39, 0.29) is 32.2 Å². The maximum atomic E-state index is 12.8. The van der Waals surface area contributed by atoms with E-state index in [4.69, 9.17) is 47.7 Å². The minimum Gasteiger partial charge on any atom is -0.395 e. The number of aliphatic hydroxyl groups is 5. The molecule has 0 aromatic carbocycles. The Morgan fingerprint density at radius 1 is 1.17 bits per heavy atom. The fraction of sp³-hybridized carbons (Fsp3) is 0.889. The molecule has 1 saturated carbocycles. The van der Waals surface area contributed by atoms with Crippen LogP contribution >= 0.6 is 0 Å². The number of terminal acetylenes is 1. The fourth-order valence-corrected chi connectivity index (χ4v) is 5.63. The molecule has 1 aliphatic carbocycles. The van der Waals surface area contributed by atoms with Crippen LogP contribution < -0.4 is 27.8 Å². The summed E-state index contributed by atoms with van der Waals surface area (Å²) in [5.41, 5.74) is 16.7. The molecule has 13 atom stereocenters. The normalized spacial score (nSPS) is 41.6. The molecule has 0 spiro atoms. The fourth-order valence-electron chi connectivity index (χ4n) is 5.63. The zero-order chi connectivity index (χ0) is 31.0. The summed E-state index contributed by atoms with van der Waals surface area (Å²) in [6, 6.07) is -2.24. The van der Waals surface area contributed by atoms with Gasteiger partial charge in [-0.05, 0) is 45.6 Å². The van der Waals surface area contributed by atoms with Gasteiger partial charge in [0.2, 0.25) is 5.91 Å². The Morgan fingerprint density at radius 2 is 1.88 bits per heavy atom. The van der Waals surface area contributed by atoms with Crippen LogP contribution in [0.5, 0.6) is 0 Å². The average Bonchev–Trinajstić information content (AvgIpc) is 2.94. The Morgan fingerprint density at radius 3 is 2.55 bits per heavy atom. The van der Waals surface area contributed by atoms with E-state index >= 15 is 0 Å². The van der Waals surface area contributed by atoms with E-state index in [0.29, 0.717) is 38.9 Å². The maximum Gasteiger partial charge on any atom is 0.249 e. The van der Waals surface area contributed by atoms with Crippen LogP contribution in [-0.4, -0.2) is 137 Å². The van der Waals surface area contributed by atoms with E-state index in [1.165, 1.54) is 6.92 Å². The van der Waals surface area contributed by atoms with Gasteiger partial charge in [-0.1, -0.05) is 5.92 Å². The Bertz CT molecular complexity index is 894. The lowest BCUT2D eigenvalue weighted by atomic mass is 9.82. The molecule has 42 heavy (non-hydrogen) atoms. The molecular weight excluding hydrogens is 554 g/mol. The summed E-state index contributed by atoms with van der Waals surface area (Å²) in [4.78, 5) is 12.8. The monoisotopic (exact) mass is 603 g/mol.